The molecule has 4 aromatic rings. The lowest BCUT2D eigenvalue weighted by atomic mass is 9.95. The first kappa shape index (κ1) is 40.4. The van der Waals surface area contributed by atoms with Gasteiger partial charge in [-0.15, -0.1) is 0 Å². The van der Waals surface area contributed by atoms with Crippen molar-refractivity contribution in [1.82, 2.24) is 10.2 Å². The van der Waals surface area contributed by atoms with Crippen molar-refractivity contribution in [2.45, 2.75) is 74.9 Å². The highest BCUT2D eigenvalue weighted by Gasteiger charge is 2.49. The molecule has 1 saturated carbocycles. The minimum Gasteiger partial charge on any atom is -0.490 e. The SMILES string of the molecule is NC1CCN(C(=O)[C@@H](NC(=O)[C@@H](O)c2ccc3cc(OC4CCCC4)ccc3c2)C(F)(F)c2ccc(-c3ccc(Cl)cc3)cc2)CC1.O=C(O)C(F)(F)F. The van der Waals surface area contributed by atoms with E-state index in [4.69, 9.17) is 32.0 Å². The number of ether oxygens (including phenoxy) is 1. The van der Waals surface area contributed by atoms with Crippen LogP contribution in [0.15, 0.2) is 84.9 Å². The third kappa shape index (κ3) is 10.0. The summed E-state index contributed by atoms with van der Waals surface area (Å²) < 4.78 is 70.4. The average Bonchev–Trinajstić information content (AvgIpc) is 3.66. The van der Waals surface area contributed by atoms with Crippen LogP contribution in [0.25, 0.3) is 21.9 Å². The number of hydrogen-bond donors (Lipinski definition) is 4. The van der Waals surface area contributed by atoms with Crippen molar-refractivity contribution in [3.05, 3.63) is 101 Å². The molecular weight excluding hydrogens is 737 g/mol. The lowest BCUT2D eigenvalue weighted by Crippen LogP contribution is -2.58. The number of amides is 2. The Labute approximate surface area is 312 Å². The van der Waals surface area contributed by atoms with E-state index in [1.165, 1.54) is 29.2 Å². The number of halogens is 6. The number of hydrogen-bond acceptors (Lipinski definition) is 6. The molecule has 6 rings (SSSR count). The summed E-state index contributed by atoms with van der Waals surface area (Å²) in [6.07, 6.45) is -1.38. The van der Waals surface area contributed by atoms with Crippen LogP contribution in [0.5, 0.6) is 5.75 Å². The molecule has 54 heavy (non-hydrogen) atoms. The maximum atomic E-state index is 16.3. The number of piperidine rings is 1. The van der Waals surface area contributed by atoms with Crippen molar-refractivity contribution in [1.29, 1.82) is 0 Å². The number of carbonyl (C=O) groups excluding carboxylic acids is 2. The average molecular weight is 776 g/mol. The Morgan fingerprint density at radius 3 is 1.93 bits per heavy atom. The van der Waals surface area contributed by atoms with Crippen molar-refractivity contribution >= 4 is 40.2 Å². The van der Waals surface area contributed by atoms with Gasteiger partial charge in [-0.3, -0.25) is 9.59 Å². The Bertz CT molecular complexity index is 1930. The number of aliphatic carboxylic acids is 1. The zero-order valence-corrected chi connectivity index (χ0v) is 29.6. The van der Waals surface area contributed by atoms with Crippen molar-refractivity contribution < 1.29 is 51.3 Å². The molecule has 0 spiro atoms. The number of nitrogens with two attached hydrogens (primary N) is 1. The topological polar surface area (TPSA) is 142 Å². The number of carbonyl (C=O) groups is 3. The molecule has 0 radical (unpaired) electrons. The van der Waals surface area contributed by atoms with Gasteiger partial charge in [0.25, 0.3) is 11.8 Å². The largest absolute Gasteiger partial charge is 0.490 e. The Hall–Kier alpha value is -4.79. The van der Waals surface area contributed by atoms with Crippen LogP contribution in [0.2, 0.25) is 5.02 Å². The van der Waals surface area contributed by atoms with Gasteiger partial charge in [0.1, 0.15) is 5.75 Å². The lowest BCUT2D eigenvalue weighted by molar-refractivity contribution is -0.192. The highest BCUT2D eigenvalue weighted by molar-refractivity contribution is 6.30. The quantitative estimate of drug-likeness (QED) is 0.130. The third-order valence-corrected chi connectivity index (χ3v) is 9.69. The summed E-state index contributed by atoms with van der Waals surface area (Å²) in [6.45, 7) is 0.384. The third-order valence-electron chi connectivity index (χ3n) is 9.44. The van der Waals surface area contributed by atoms with Crippen LogP contribution in [-0.2, 0) is 20.3 Å². The number of nitrogens with zero attached hydrogens (tertiary/aromatic N) is 1. The van der Waals surface area contributed by atoms with E-state index in [0.717, 1.165) is 47.8 Å². The van der Waals surface area contributed by atoms with Gasteiger partial charge in [0.05, 0.1) is 6.10 Å². The van der Waals surface area contributed by atoms with E-state index in [-0.39, 0.29) is 30.8 Å². The predicted octanol–water partition coefficient (Wildman–Crippen LogP) is 7.37. The molecule has 15 heteroatoms. The minimum absolute atomic E-state index is 0.131. The number of aliphatic hydroxyl groups excluding tert-OH is 1. The second kappa shape index (κ2) is 17.1. The van der Waals surface area contributed by atoms with Crippen LogP contribution in [0.4, 0.5) is 22.0 Å². The molecule has 1 aliphatic heterocycles. The molecule has 0 unspecified atom stereocenters. The number of carboxylic acids is 1. The molecular formula is C39H39ClF5N3O6. The van der Waals surface area contributed by atoms with Gasteiger partial charge in [-0.05, 0) is 96.3 Å². The summed E-state index contributed by atoms with van der Waals surface area (Å²) in [4.78, 5) is 37.3. The van der Waals surface area contributed by atoms with Crippen LogP contribution in [0.3, 0.4) is 0 Å². The number of rotatable bonds is 9. The second-order valence-corrected chi connectivity index (χ2v) is 13.7. The normalized spacial score (nSPS) is 16.6. The smallest absolute Gasteiger partial charge is 0.490 e. The fraction of sp³-hybridized carbons (Fsp3) is 0.359. The summed E-state index contributed by atoms with van der Waals surface area (Å²) in [7, 11) is 0. The van der Waals surface area contributed by atoms with E-state index in [1.807, 2.05) is 18.2 Å². The number of alkyl halides is 5. The summed E-state index contributed by atoms with van der Waals surface area (Å²) in [6, 6.07) is 20.7. The Balaban J connectivity index is 0.000000730. The molecule has 9 nitrogen and oxygen atoms in total. The summed E-state index contributed by atoms with van der Waals surface area (Å²) in [5.74, 6) is -7.84. The van der Waals surface area contributed by atoms with Crippen LogP contribution < -0.4 is 15.8 Å². The molecule has 1 aliphatic carbocycles. The monoisotopic (exact) mass is 775 g/mol. The van der Waals surface area contributed by atoms with Crippen LogP contribution in [0, 0.1) is 0 Å². The molecule has 2 fully saturated rings. The highest BCUT2D eigenvalue weighted by Crippen LogP contribution is 2.36. The fourth-order valence-electron chi connectivity index (χ4n) is 6.36. The maximum Gasteiger partial charge on any atom is 0.490 e. The molecule has 1 saturated heterocycles. The van der Waals surface area contributed by atoms with Crippen LogP contribution in [-0.4, -0.2) is 70.4 Å². The van der Waals surface area contributed by atoms with Crippen molar-refractivity contribution in [3.8, 4) is 16.9 Å². The van der Waals surface area contributed by atoms with Crippen LogP contribution in [0.1, 0.15) is 55.8 Å². The van der Waals surface area contributed by atoms with Gasteiger partial charge in [0, 0.05) is 29.7 Å². The summed E-state index contributed by atoms with van der Waals surface area (Å²) in [5.41, 5.74) is 7.22. The number of benzene rings is 4. The molecule has 2 atom stereocenters. The molecule has 1 heterocycles. The van der Waals surface area contributed by atoms with E-state index in [1.54, 1.807) is 42.5 Å². The standard InChI is InChI=1S/C37H38ClF2N3O4.C2HF3O2/c38-29-14-9-24(10-15-29)23-7-12-28(13-8-23)37(39,40)34(36(46)43-19-17-30(41)18-20-43)42-35(45)33(44)27-6-5-26-22-32(16-11-25(26)21-27)47-31-3-1-2-4-31;3-2(4,5)1(6)7/h5-16,21-22,30-31,33-34,44H,1-4,17-20,41H2,(H,42,45);(H,6,7)/t33-,34+;/m0./s1. The minimum atomic E-state index is -5.08. The number of nitrogens with one attached hydrogen (secondary N) is 1. The van der Waals surface area contributed by atoms with Gasteiger partial charge in [0.2, 0.25) is 0 Å². The number of likely N-dealkylation sites (tertiary alicyclic amines) is 1. The van der Waals surface area contributed by atoms with Crippen LogP contribution >= 0.6 is 11.6 Å². The fourth-order valence-corrected chi connectivity index (χ4v) is 6.49. The first-order chi connectivity index (χ1) is 25.5. The van der Waals surface area contributed by atoms with Gasteiger partial charge in [-0.2, -0.15) is 22.0 Å². The Morgan fingerprint density at radius 2 is 1.35 bits per heavy atom. The van der Waals surface area contributed by atoms with Crippen molar-refractivity contribution in [2.24, 2.45) is 5.73 Å². The maximum absolute atomic E-state index is 16.3. The zero-order valence-electron chi connectivity index (χ0n) is 28.9. The van der Waals surface area contributed by atoms with Gasteiger partial charge in [-0.25, -0.2) is 4.79 Å². The first-order valence-corrected chi connectivity index (χ1v) is 17.7. The second-order valence-electron chi connectivity index (χ2n) is 13.3. The Kier molecular flexibility index (Phi) is 12.8. The first-order valence-electron chi connectivity index (χ1n) is 17.3. The Morgan fingerprint density at radius 1 is 0.815 bits per heavy atom. The summed E-state index contributed by atoms with van der Waals surface area (Å²) in [5, 5.41) is 22.5. The van der Waals surface area contributed by atoms with Crippen molar-refractivity contribution in [3.63, 3.8) is 0 Å². The van der Waals surface area contributed by atoms with E-state index in [0.29, 0.717) is 23.4 Å². The predicted molar refractivity (Wildman–Crippen MR) is 192 cm³/mol. The van der Waals surface area contributed by atoms with Gasteiger partial charge >= 0.3 is 18.1 Å². The molecule has 5 N–H and O–H groups in total. The molecule has 0 bridgehead atoms. The molecule has 2 aliphatic rings. The van der Waals surface area contributed by atoms with E-state index in [9.17, 15) is 27.9 Å². The number of aliphatic hydroxyl groups is 1. The molecule has 288 valence electrons. The van der Waals surface area contributed by atoms with Gasteiger partial charge in [-0.1, -0.05) is 66.2 Å². The lowest BCUT2D eigenvalue weighted by Gasteiger charge is -2.36. The van der Waals surface area contributed by atoms with E-state index < -0.39 is 47.6 Å². The molecule has 4 aromatic carbocycles. The van der Waals surface area contributed by atoms with Gasteiger partial charge in [0.15, 0.2) is 12.1 Å². The molecule has 2 amide bonds. The zero-order chi connectivity index (χ0) is 39.2. The van der Waals surface area contributed by atoms with Gasteiger partial charge < -0.3 is 30.9 Å². The van der Waals surface area contributed by atoms with E-state index >= 15 is 8.78 Å². The highest BCUT2D eigenvalue weighted by atomic mass is 35.5. The summed E-state index contributed by atoms with van der Waals surface area (Å²) >= 11 is 5.98. The van der Waals surface area contributed by atoms with Crippen molar-refractivity contribution in [2.75, 3.05) is 13.1 Å². The van der Waals surface area contributed by atoms with E-state index in [2.05, 4.69) is 5.32 Å². The number of fused-ring (bicyclic) bond motifs is 1. The number of carboxylic acid groups (broad SMARTS) is 1. The molecule has 0 aromatic heterocycles.